The van der Waals surface area contributed by atoms with E-state index in [4.69, 9.17) is 4.74 Å². The van der Waals surface area contributed by atoms with Crippen molar-refractivity contribution in [2.24, 2.45) is 0 Å². The number of methoxy groups -OCH3 is 2. The van der Waals surface area contributed by atoms with Gasteiger partial charge in [0.2, 0.25) is 0 Å². The Balaban J connectivity index is 1.96. The Hall–Kier alpha value is -2.89. The number of aromatic nitrogens is 2. The molecule has 0 N–H and O–H groups in total. The Bertz CT molecular complexity index is 873. The van der Waals surface area contributed by atoms with Crippen molar-refractivity contribution >= 4 is 17.0 Å². The van der Waals surface area contributed by atoms with Gasteiger partial charge in [0, 0.05) is 18.1 Å². The molecule has 6 heteroatoms. The number of hydrogen-bond donors (Lipinski definition) is 0. The van der Waals surface area contributed by atoms with Crippen LogP contribution in [-0.2, 0) is 11.3 Å². The van der Waals surface area contributed by atoms with E-state index in [-0.39, 0.29) is 11.4 Å². The largest absolute Gasteiger partial charge is 0.494 e. The smallest absolute Gasteiger partial charge is 0.356 e. The van der Waals surface area contributed by atoms with E-state index in [2.05, 4.69) is 9.72 Å². The molecule has 23 heavy (non-hydrogen) atoms. The van der Waals surface area contributed by atoms with Gasteiger partial charge in [-0.05, 0) is 35.9 Å². The first-order valence-electron chi connectivity index (χ1n) is 6.99. The van der Waals surface area contributed by atoms with E-state index >= 15 is 0 Å². The molecular weight excluding hydrogens is 299 g/mol. The number of ether oxygens (including phenoxy) is 2. The molecule has 5 nitrogen and oxygen atoms in total. The zero-order chi connectivity index (χ0) is 16.4. The Morgan fingerprint density at radius 3 is 2.74 bits per heavy atom. The van der Waals surface area contributed by atoms with Gasteiger partial charge in [-0.3, -0.25) is 0 Å². The van der Waals surface area contributed by atoms with E-state index in [1.54, 1.807) is 24.3 Å². The highest BCUT2D eigenvalue weighted by Crippen LogP contribution is 2.20. The Morgan fingerprint density at radius 2 is 2.04 bits per heavy atom. The van der Waals surface area contributed by atoms with Gasteiger partial charge in [-0.15, -0.1) is 0 Å². The predicted octanol–water partition coefficient (Wildman–Crippen LogP) is 3.02. The third-order valence-electron chi connectivity index (χ3n) is 3.58. The maximum absolute atomic E-state index is 13.8. The number of esters is 1. The van der Waals surface area contributed by atoms with Crippen molar-refractivity contribution in [1.82, 2.24) is 9.55 Å². The first kappa shape index (κ1) is 15.0. The third-order valence-corrected chi connectivity index (χ3v) is 3.58. The highest BCUT2D eigenvalue weighted by Gasteiger charge is 2.11. The van der Waals surface area contributed by atoms with Gasteiger partial charge in [-0.25, -0.2) is 14.2 Å². The molecule has 0 saturated carbocycles. The summed E-state index contributed by atoms with van der Waals surface area (Å²) < 4.78 is 25.2. The normalized spacial score (nSPS) is 10.7. The SMILES string of the molecule is COC(=O)c1ccc2ccn(Cc3ccc(OC)c(F)c3)c2n1. The number of benzene rings is 1. The highest BCUT2D eigenvalue weighted by molar-refractivity contribution is 5.90. The van der Waals surface area contributed by atoms with Gasteiger partial charge in [0.15, 0.2) is 17.3 Å². The lowest BCUT2D eigenvalue weighted by Gasteiger charge is -2.08. The maximum atomic E-state index is 13.8. The summed E-state index contributed by atoms with van der Waals surface area (Å²) in [6.45, 7) is 0.433. The van der Waals surface area contributed by atoms with Crippen molar-refractivity contribution in [2.75, 3.05) is 14.2 Å². The van der Waals surface area contributed by atoms with Gasteiger partial charge >= 0.3 is 5.97 Å². The zero-order valence-electron chi connectivity index (χ0n) is 12.7. The van der Waals surface area contributed by atoms with Gasteiger partial charge in [0.05, 0.1) is 14.2 Å². The van der Waals surface area contributed by atoms with Gasteiger partial charge in [-0.1, -0.05) is 6.07 Å². The molecule has 0 aliphatic rings. The van der Waals surface area contributed by atoms with Crippen LogP contribution in [0.15, 0.2) is 42.6 Å². The van der Waals surface area contributed by atoms with Crippen molar-refractivity contribution in [2.45, 2.75) is 6.54 Å². The molecule has 0 aliphatic carbocycles. The van der Waals surface area contributed by atoms with Crippen LogP contribution in [0.2, 0.25) is 0 Å². The summed E-state index contributed by atoms with van der Waals surface area (Å²) >= 11 is 0. The number of pyridine rings is 1. The van der Waals surface area contributed by atoms with E-state index in [0.29, 0.717) is 12.2 Å². The van der Waals surface area contributed by atoms with Gasteiger partial charge in [0.25, 0.3) is 0 Å². The van der Waals surface area contributed by atoms with Crippen LogP contribution in [0.3, 0.4) is 0 Å². The minimum atomic E-state index is -0.491. The molecular formula is C17H15FN2O3. The van der Waals surface area contributed by atoms with Crippen molar-refractivity contribution in [3.8, 4) is 5.75 Å². The second kappa shape index (κ2) is 6.08. The van der Waals surface area contributed by atoms with Crippen LogP contribution < -0.4 is 4.74 Å². The minimum Gasteiger partial charge on any atom is -0.494 e. The molecule has 3 aromatic rings. The monoisotopic (exact) mass is 314 g/mol. The summed E-state index contributed by atoms with van der Waals surface area (Å²) in [5, 5.41) is 0.895. The van der Waals surface area contributed by atoms with Crippen molar-refractivity contribution < 1.29 is 18.7 Å². The maximum Gasteiger partial charge on any atom is 0.356 e. The number of carbonyl (C=O) groups is 1. The van der Waals surface area contributed by atoms with Gasteiger partial charge in [0.1, 0.15) is 5.65 Å². The number of hydrogen-bond acceptors (Lipinski definition) is 4. The molecule has 0 saturated heterocycles. The summed E-state index contributed by atoms with van der Waals surface area (Å²) in [5.41, 5.74) is 1.65. The molecule has 2 aromatic heterocycles. The van der Waals surface area contributed by atoms with E-state index < -0.39 is 11.8 Å². The van der Waals surface area contributed by atoms with Crippen LogP contribution in [0.1, 0.15) is 16.1 Å². The fourth-order valence-corrected chi connectivity index (χ4v) is 2.41. The van der Waals surface area contributed by atoms with Crippen molar-refractivity contribution in [3.63, 3.8) is 0 Å². The minimum absolute atomic E-state index is 0.206. The van der Waals surface area contributed by atoms with Crippen LogP contribution in [0.25, 0.3) is 11.0 Å². The molecule has 0 aliphatic heterocycles. The lowest BCUT2D eigenvalue weighted by atomic mass is 10.2. The van der Waals surface area contributed by atoms with E-state index in [1.807, 2.05) is 16.8 Å². The quantitative estimate of drug-likeness (QED) is 0.695. The molecule has 0 radical (unpaired) electrons. The lowest BCUT2D eigenvalue weighted by molar-refractivity contribution is 0.0594. The van der Waals surface area contributed by atoms with Gasteiger partial charge < -0.3 is 14.0 Å². The first-order valence-corrected chi connectivity index (χ1v) is 6.99. The Labute approximate surface area is 132 Å². The molecule has 0 atom stereocenters. The topological polar surface area (TPSA) is 53.4 Å². The van der Waals surface area contributed by atoms with Crippen molar-refractivity contribution in [1.29, 1.82) is 0 Å². The molecule has 118 valence electrons. The number of carbonyl (C=O) groups excluding carboxylic acids is 1. The molecule has 0 amide bonds. The zero-order valence-corrected chi connectivity index (χ0v) is 12.7. The van der Waals surface area contributed by atoms with E-state index in [9.17, 15) is 9.18 Å². The van der Waals surface area contributed by atoms with Crippen LogP contribution in [-0.4, -0.2) is 29.7 Å². The van der Waals surface area contributed by atoms with Crippen LogP contribution in [0.4, 0.5) is 4.39 Å². The van der Waals surface area contributed by atoms with E-state index in [1.165, 1.54) is 20.3 Å². The van der Waals surface area contributed by atoms with Gasteiger partial charge in [-0.2, -0.15) is 0 Å². The predicted molar refractivity (Wildman–Crippen MR) is 83.1 cm³/mol. The summed E-state index contributed by atoms with van der Waals surface area (Å²) in [5.74, 6) is -0.697. The average Bonchev–Trinajstić information content (AvgIpc) is 2.96. The fraction of sp³-hybridized carbons (Fsp3) is 0.176. The van der Waals surface area contributed by atoms with Crippen LogP contribution in [0.5, 0.6) is 5.75 Å². The third kappa shape index (κ3) is 2.88. The second-order valence-corrected chi connectivity index (χ2v) is 5.01. The lowest BCUT2D eigenvalue weighted by Crippen LogP contribution is -2.06. The molecule has 0 fully saturated rings. The van der Waals surface area contributed by atoms with E-state index in [0.717, 1.165) is 10.9 Å². The number of nitrogens with zero attached hydrogens (tertiary/aromatic N) is 2. The number of rotatable bonds is 4. The highest BCUT2D eigenvalue weighted by atomic mass is 19.1. The molecule has 2 heterocycles. The summed E-state index contributed by atoms with van der Waals surface area (Å²) in [6.07, 6.45) is 1.85. The summed E-state index contributed by atoms with van der Waals surface area (Å²) in [4.78, 5) is 15.9. The first-order chi connectivity index (χ1) is 11.1. The Kier molecular flexibility index (Phi) is 3.97. The molecule has 0 unspecified atom stereocenters. The van der Waals surface area contributed by atoms with Crippen LogP contribution in [0, 0.1) is 5.82 Å². The second-order valence-electron chi connectivity index (χ2n) is 5.01. The molecule has 3 rings (SSSR count). The molecule has 0 spiro atoms. The Morgan fingerprint density at radius 1 is 1.22 bits per heavy atom. The molecule has 1 aromatic carbocycles. The number of halogens is 1. The van der Waals surface area contributed by atoms with Crippen LogP contribution >= 0.6 is 0 Å². The average molecular weight is 314 g/mol. The number of fused-ring (bicyclic) bond motifs is 1. The van der Waals surface area contributed by atoms with Crippen molar-refractivity contribution in [3.05, 3.63) is 59.7 Å². The fourth-order valence-electron chi connectivity index (χ4n) is 2.41. The standard InChI is InChI=1S/C17H15FN2O3/c1-22-15-6-3-11(9-13(15)18)10-20-8-7-12-4-5-14(17(21)23-2)19-16(12)20/h3-9H,10H2,1-2H3. The molecule has 0 bridgehead atoms. The summed E-state index contributed by atoms with van der Waals surface area (Å²) in [7, 11) is 2.74. The summed E-state index contributed by atoms with van der Waals surface area (Å²) in [6, 6.07) is 10.1.